The van der Waals surface area contributed by atoms with Crippen LogP contribution in [0.15, 0.2) is 72.8 Å². The maximum Gasteiger partial charge on any atom is 0.343 e. The van der Waals surface area contributed by atoms with Crippen molar-refractivity contribution in [2.24, 2.45) is 0 Å². The second kappa shape index (κ2) is 8.65. The van der Waals surface area contributed by atoms with Crippen LogP contribution < -0.4 is 0 Å². The highest BCUT2D eigenvalue weighted by atomic mass is 14.7. The van der Waals surface area contributed by atoms with E-state index in [4.69, 9.17) is 19.7 Å². The molecule has 0 bridgehead atoms. The topological polar surface area (TPSA) is 13.1 Å². The fourth-order valence-corrected chi connectivity index (χ4v) is 4.93. The summed E-state index contributed by atoms with van der Waals surface area (Å²) in [7, 11) is 0. The molecule has 0 N–H and O–H groups in total. The van der Waals surface area contributed by atoms with Gasteiger partial charge in [0.25, 0.3) is 19.7 Å². The van der Waals surface area contributed by atoms with E-state index in [1.165, 1.54) is 16.7 Å². The number of rotatable bonds is 3. The van der Waals surface area contributed by atoms with Gasteiger partial charge in [0.1, 0.15) is 0 Å². The Morgan fingerprint density at radius 1 is 0.467 bits per heavy atom. The molecule has 0 spiro atoms. The van der Waals surface area contributed by atoms with Crippen molar-refractivity contribution in [1.82, 2.24) is 0 Å². The van der Waals surface area contributed by atoms with Gasteiger partial charge in [-0.2, -0.15) is 0 Å². The SMILES string of the molecule is C#[N+]c1ccccc1C1CC(c2ccccc2[N+]#C)CC(c2ccccc2[N+]#C)C1. The Kier molecular flexibility index (Phi) is 5.61. The van der Waals surface area contributed by atoms with E-state index >= 15 is 0 Å². The number of hydrogen-bond donors (Lipinski definition) is 0. The van der Waals surface area contributed by atoms with Crippen LogP contribution >= 0.6 is 0 Å². The largest absolute Gasteiger partial charge is 0.343 e. The normalized spacial score (nSPS) is 20.5. The van der Waals surface area contributed by atoms with Gasteiger partial charge in [-0.15, -0.1) is 0 Å². The van der Waals surface area contributed by atoms with Crippen LogP contribution in [-0.4, -0.2) is 0 Å². The quantitative estimate of drug-likeness (QED) is 0.427. The fourth-order valence-electron chi connectivity index (χ4n) is 4.93. The molecule has 3 nitrogen and oxygen atoms in total. The van der Waals surface area contributed by atoms with E-state index in [2.05, 4.69) is 50.9 Å². The van der Waals surface area contributed by atoms with E-state index in [0.717, 1.165) is 36.3 Å². The molecule has 0 atom stereocenters. The molecule has 0 radical (unpaired) electrons. The second-order valence-corrected chi connectivity index (χ2v) is 7.86. The molecule has 3 aromatic rings. The summed E-state index contributed by atoms with van der Waals surface area (Å²) in [6.45, 7) is 17.1. The van der Waals surface area contributed by atoms with Crippen molar-refractivity contribution in [3.8, 4) is 19.7 Å². The molecule has 0 aliphatic heterocycles. The van der Waals surface area contributed by atoms with Gasteiger partial charge in [0.15, 0.2) is 0 Å². The van der Waals surface area contributed by atoms with Crippen molar-refractivity contribution in [2.45, 2.75) is 37.0 Å². The molecule has 1 fully saturated rings. The van der Waals surface area contributed by atoms with Crippen molar-refractivity contribution < 1.29 is 0 Å². The van der Waals surface area contributed by atoms with Gasteiger partial charge >= 0.3 is 17.1 Å². The molecular formula is C27H24N3+3. The van der Waals surface area contributed by atoms with E-state index < -0.39 is 0 Å². The van der Waals surface area contributed by atoms with E-state index in [0.29, 0.717) is 17.8 Å². The first kappa shape index (κ1) is 19.4. The van der Waals surface area contributed by atoms with Crippen LogP contribution in [0, 0.1) is 19.7 Å². The van der Waals surface area contributed by atoms with Gasteiger partial charge in [0, 0.05) is 34.9 Å². The molecule has 1 aliphatic carbocycles. The minimum Gasteiger partial charge on any atom is -0.0614 e. The zero-order valence-corrected chi connectivity index (χ0v) is 16.9. The maximum absolute atomic E-state index is 5.70. The van der Waals surface area contributed by atoms with Gasteiger partial charge in [-0.1, -0.05) is 54.6 Å². The first-order valence-electron chi connectivity index (χ1n) is 10.2. The summed E-state index contributed by atoms with van der Waals surface area (Å²) in [5.41, 5.74) is 6.07. The molecule has 0 amide bonds. The highest BCUT2D eigenvalue weighted by molar-refractivity contribution is 5.59. The Morgan fingerprint density at radius 2 is 0.733 bits per heavy atom. The molecule has 30 heavy (non-hydrogen) atoms. The van der Waals surface area contributed by atoms with E-state index in [1.807, 2.05) is 36.4 Å². The van der Waals surface area contributed by atoms with Gasteiger partial charge in [-0.05, 0) is 51.6 Å². The summed E-state index contributed by atoms with van der Waals surface area (Å²) < 4.78 is 0. The summed E-state index contributed by atoms with van der Waals surface area (Å²) >= 11 is 0. The zero-order valence-electron chi connectivity index (χ0n) is 16.9. The molecule has 1 saturated carbocycles. The Morgan fingerprint density at radius 3 is 1.00 bits per heavy atom. The van der Waals surface area contributed by atoms with E-state index in [1.54, 1.807) is 0 Å². The van der Waals surface area contributed by atoms with E-state index in [9.17, 15) is 0 Å². The Hall–Kier alpha value is -3.87. The number of benzene rings is 3. The lowest BCUT2D eigenvalue weighted by Crippen LogP contribution is -2.20. The molecule has 144 valence electrons. The highest BCUT2D eigenvalue weighted by Gasteiger charge is 2.37. The minimum atomic E-state index is 0.300. The maximum atomic E-state index is 5.70. The first-order valence-corrected chi connectivity index (χ1v) is 10.2. The Labute approximate surface area is 178 Å². The Bertz CT molecular complexity index is 1030. The minimum absolute atomic E-state index is 0.300. The molecule has 0 saturated heterocycles. The lowest BCUT2D eigenvalue weighted by atomic mass is 9.68. The molecule has 0 unspecified atom stereocenters. The van der Waals surface area contributed by atoms with Gasteiger partial charge in [-0.25, -0.2) is 0 Å². The predicted molar refractivity (Wildman–Crippen MR) is 125 cm³/mol. The van der Waals surface area contributed by atoms with Crippen LogP contribution in [0.1, 0.15) is 53.7 Å². The molecular weight excluding hydrogens is 366 g/mol. The van der Waals surface area contributed by atoms with Crippen LogP contribution in [0.4, 0.5) is 17.1 Å². The van der Waals surface area contributed by atoms with Gasteiger partial charge in [0.05, 0.1) is 0 Å². The van der Waals surface area contributed by atoms with Gasteiger partial charge in [-0.3, -0.25) is 0 Å². The molecule has 0 heterocycles. The van der Waals surface area contributed by atoms with Crippen molar-refractivity contribution in [3.63, 3.8) is 0 Å². The summed E-state index contributed by atoms with van der Waals surface area (Å²) in [5.74, 6) is 0.900. The molecule has 1 aliphatic rings. The van der Waals surface area contributed by atoms with Crippen LogP contribution in [0.3, 0.4) is 0 Å². The lowest BCUT2D eigenvalue weighted by Gasteiger charge is -2.34. The first-order chi connectivity index (χ1) is 14.7. The zero-order chi connectivity index (χ0) is 20.9. The second-order valence-electron chi connectivity index (χ2n) is 7.86. The van der Waals surface area contributed by atoms with Crippen molar-refractivity contribution in [1.29, 1.82) is 0 Å². The summed E-state index contributed by atoms with van der Waals surface area (Å²) in [6, 6.07) is 24.4. The number of hydrogen-bond acceptors (Lipinski definition) is 0. The standard InChI is InChI=1S/C27H24N3/c1-28-25-13-7-4-10-22(25)19-16-20(23-11-5-8-14-26(23)29-2)18-21(17-19)24-12-6-9-15-27(24)30-3/h1-15,19-21H,16-18H2/q+3. The highest BCUT2D eigenvalue weighted by Crippen LogP contribution is 2.52. The van der Waals surface area contributed by atoms with Crippen LogP contribution in [-0.2, 0) is 0 Å². The fraction of sp³-hybridized carbons (Fsp3) is 0.222. The third-order valence-corrected chi connectivity index (χ3v) is 6.25. The molecule has 0 aromatic heterocycles. The van der Waals surface area contributed by atoms with Crippen molar-refractivity contribution in [2.75, 3.05) is 0 Å². The summed E-state index contributed by atoms with van der Waals surface area (Å²) in [4.78, 5) is 12.1. The van der Waals surface area contributed by atoms with Crippen LogP contribution in [0.25, 0.3) is 14.5 Å². The number of para-hydroxylation sites is 3. The monoisotopic (exact) mass is 390 g/mol. The molecule has 3 heteroatoms. The van der Waals surface area contributed by atoms with Crippen molar-refractivity contribution >= 4 is 17.1 Å². The lowest BCUT2D eigenvalue weighted by molar-refractivity contribution is 0.353. The third kappa shape index (κ3) is 3.69. The summed E-state index contributed by atoms with van der Waals surface area (Å²) in [5, 5.41) is 0. The van der Waals surface area contributed by atoms with Crippen LogP contribution in [0.5, 0.6) is 0 Å². The smallest absolute Gasteiger partial charge is 0.0614 e. The average Bonchev–Trinajstić information content (AvgIpc) is 2.83. The van der Waals surface area contributed by atoms with E-state index in [-0.39, 0.29) is 0 Å². The number of nitrogens with zero attached hydrogens (tertiary/aromatic N) is 3. The average molecular weight is 391 g/mol. The third-order valence-electron chi connectivity index (χ3n) is 6.25. The van der Waals surface area contributed by atoms with Gasteiger partial charge in [0.2, 0.25) is 0 Å². The van der Waals surface area contributed by atoms with Crippen molar-refractivity contribution in [3.05, 3.63) is 104 Å². The van der Waals surface area contributed by atoms with Crippen LogP contribution in [0.2, 0.25) is 0 Å². The predicted octanol–water partition coefficient (Wildman–Crippen LogP) is 8.30. The summed E-state index contributed by atoms with van der Waals surface area (Å²) in [6.07, 6.45) is 2.95. The molecule has 4 rings (SSSR count). The van der Waals surface area contributed by atoms with Gasteiger partial charge < -0.3 is 0 Å². The molecule has 3 aromatic carbocycles. The Balaban J connectivity index is 1.80.